The highest BCUT2D eigenvalue weighted by Gasteiger charge is 2.25. The highest BCUT2D eigenvalue weighted by molar-refractivity contribution is 6.30. The van der Waals surface area contributed by atoms with Gasteiger partial charge < -0.3 is 19.4 Å². The van der Waals surface area contributed by atoms with E-state index in [2.05, 4.69) is 26.9 Å². The van der Waals surface area contributed by atoms with Gasteiger partial charge in [0.25, 0.3) is 0 Å². The maximum absolute atomic E-state index is 13.0. The number of rotatable bonds is 7. The number of carbonyl (C=O) groups excluding carboxylic acids is 2. The molecule has 0 spiro atoms. The Morgan fingerprint density at radius 1 is 0.973 bits per heavy atom. The molecule has 1 saturated heterocycles. The Hall–Kier alpha value is -3.36. The van der Waals surface area contributed by atoms with Gasteiger partial charge in [-0.15, -0.1) is 0 Å². The lowest BCUT2D eigenvalue weighted by Gasteiger charge is -2.36. The van der Waals surface area contributed by atoms with Crippen LogP contribution in [0.3, 0.4) is 0 Å². The quantitative estimate of drug-likeness (QED) is 0.433. The smallest absolute Gasteiger partial charge is 0.357 e. The number of H-pyrrole nitrogens is 1. The molecule has 1 fully saturated rings. The van der Waals surface area contributed by atoms with Gasteiger partial charge in [-0.2, -0.15) is 0 Å². The Bertz CT molecular complexity index is 1220. The fourth-order valence-corrected chi connectivity index (χ4v) is 4.31. The molecule has 0 bridgehead atoms. The summed E-state index contributed by atoms with van der Waals surface area (Å²) in [4.78, 5) is 36.6. The van der Waals surface area contributed by atoms with Gasteiger partial charge in [0, 0.05) is 61.5 Å². The van der Waals surface area contributed by atoms with E-state index in [1.165, 1.54) is 6.92 Å². The minimum absolute atomic E-state index is 0.242. The van der Waals surface area contributed by atoms with Crippen LogP contribution in [0.2, 0.25) is 5.02 Å². The molecule has 0 radical (unpaired) electrons. The molecular weight excluding hydrogens is 492 g/mol. The summed E-state index contributed by atoms with van der Waals surface area (Å²) in [7, 11) is 0. The maximum Gasteiger partial charge on any atom is 0.357 e. The minimum atomic E-state index is -0.633. The summed E-state index contributed by atoms with van der Waals surface area (Å²) in [5.74, 6) is -0.110. The SMILES string of the molecule is CC(=O)OCCN1CCN(c2ccc(-c3nc(-c4ccc(Cl)cc4)c(C(=O)OC(C)(C)C)[nH]3)cc2)CC1. The van der Waals surface area contributed by atoms with Crippen molar-refractivity contribution in [1.82, 2.24) is 14.9 Å². The lowest BCUT2D eigenvalue weighted by molar-refractivity contribution is -0.141. The first-order chi connectivity index (χ1) is 17.6. The number of esters is 2. The van der Waals surface area contributed by atoms with Crippen LogP contribution in [0.1, 0.15) is 38.2 Å². The molecule has 0 amide bonds. The van der Waals surface area contributed by atoms with Crippen LogP contribution in [0.25, 0.3) is 22.6 Å². The van der Waals surface area contributed by atoms with Crippen molar-refractivity contribution in [1.29, 1.82) is 0 Å². The molecule has 0 atom stereocenters. The number of aromatic amines is 1. The van der Waals surface area contributed by atoms with Crippen molar-refractivity contribution < 1.29 is 19.1 Å². The van der Waals surface area contributed by atoms with E-state index in [1.807, 2.05) is 45.0 Å². The molecule has 0 unspecified atom stereocenters. The van der Waals surface area contributed by atoms with Crippen molar-refractivity contribution in [2.45, 2.75) is 33.3 Å². The molecule has 196 valence electrons. The Balaban J connectivity index is 1.50. The van der Waals surface area contributed by atoms with Gasteiger partial charge >= 0.3 is 11.9 Å². The van der Waals surface area contributed by atoms with Gasteiger partial charge in [-0.1, -0.05) is 23.7 Å². The van der Waals surface area contributed by atoms with Crippen molar-refractivity contribution >= 4 is 29.2 Å². The fourth-order valence-electron chi connectivity index (χ4n) is 4.18. The van der Waals surface area contributed by atoms with Crippen LogP contribution in [0.5, 0.6) is 0 Å². The molecule has 2 heterocycles. The minimum Gasteiger partial charge on any atom is -0.465 e. The van der Waals surface area contributed by atoms with E-state index in [9.17, 15) is 9.59 Å². The predicted molar refractivity (Wildman–Crippen MR) is 145 cm³/mol. The first-order valence-electron chi connectivity index (χ1n) is 12.4. The van der Waals surface area contributed by atoms with Gasteiger partial charge in [0.1, 0.15) is 23.7 Å². The summed E-state index contributed by atoms with van der Waals surface area (Å²) in [6, 6.07) is 15.4. The van der Waals surface area contributed by atoms with Crippen molar-refractivity contribution in [3.63, 3.8) is 0 Å². The summed E-state index contributed by atoms with van der Waals surface area (Å²) >= 11 is 6.07. The average molecular weight is 525 g/mol. The predicted octanol–water partition coefficient (Wildman–Crippen LogP) is 5.04. The molecule has 1 N–H and O–H groups in total. The van der Waals surface area contributed by atoms with Gasteiger partial charge in [0.2, 0.25) is 0 Å². The van der Waals surface area contributed by atoms with Crippen LogP contribution in [0.4, 0.5) is 5.69 Å². The number of nitrogens with one attached hydrogen (secondary N) is 1. The summed E-state index contributed by atoms with van der Waals surface area (Å²) in [6.45, 7) is 11.7. The Kier molecular flexibility index (Phi) is 8.19. The Morgan fingerprint density at radius 3 is 2.19 bits per heavy atom. The van der Waals surface area contributed by atoms with E-state index in [0.717, 1.165) is 49.5 Å². The third-order valence-electron chi connectivity index (χ3n) is 6.02. The molecule has 1 aromatic heterocycles. The second-order valence-electron chi connectivity index (χ2n) is 10.0. The van der Waals surface area contributed by atoms with Crippen LogP contribution in [0, 0.1) is 0 Å². The molecule has 37 heavy (non-hydrogen) atoms. The number of imidazole rings is 1. The van der Waals surface area contributed by atoms with E-state index >= 15 is 0 Å². The van der Waals surface area contributed by atoms with E-state index in [4.69, 9.17) is 26.1 Å². The Labute approximate surface area is 222 Å². The zero-order valence-electron chi connectivity index (χ0n) is 21.7. The van der Waals surface area contributed by atoms with E-state index in [-0.39, 0.29) is 5.97 Å². The number of hydrogen-bond acceptors (Lipinski definition) is 7. The topological polar surface area (TPSA) is 87.8 Å². The molecule has 3 aromatic rings. The number of hydrogen-bond donors (Lipinski definition) is 1. The van der Waals surface area contributed by atoms with Crippen LogP contribution in [-0.4, -0.2) is 71.7 Å². The van der Waals surface area contributed by atoms with Crippen molar-refractivity contribution in [3.8, 4) is 22.6 Å². The van der Waals surface area contributed by atoms with Crippen molar-refractivity contribution in [2.75, 3.05) is 44.2 Å². The molecule has 9 heteroatoms. The monoisotopic (exact) mass is 524 g/mol. The number of anilines is 1. The molecule has 1 aliphatic heterocycles. The number of benzene rings is 2. The summed E-state index contributed by atoms with van der Waals surface area (Å²) < 4.78 is 10.7. The second kappa shape index (κ2) is 11.4. The highest BCUT2D eigenvalue weighted by atomic mass is 35.5. The first kappa shape index (κ1) is 26.7. The second-order valence-corrected chi connectivity index (χ2v) is 10.5. The molecule has 1 aliphatic rings. The van der Waals surface area contributed by atoms with Crippen molar-refractivity contribution in [3.05, 3.63) is 59.2 Å². The lowest BCUT2D eigenvalue weighted by Crippen LogP contribution is -2.47. The maximum atomic E-state index is 13.0. The molecule has 0 aliphatic carbocycles. The van der Waals surface area contributed by atoms with Crippen LogP contribution in [-0.2, 0) is 14.3 Å². The zero-order chi connectivity index (χ0) is 26.6. The largest absolute Gasteiger partial charge is 0.465 e. The van der Waals surface area contributed by atoms with Crippen LogP contribution < -0.4 is 4.90 Å². The third kappa shape index (κ3) is 7.11. The van der Waals surface area contributed by atoms with Gasteiger partial charge in [-0.05, 0) is 57.2 Å². The van der Waals surface area contributed by atoms with E-state index in [0.29, 0.717) is 28.8 Å². The third-order valence-corrected chi connectivity index (χ3v) is 6.27. The highest BCUT2D eigenvalue weighted by Crippen LogP contribution is 2.30. The molecule has 2 aromatic carbocycles. The fraction of sp³-hybridized carbons (Fsp3) is 0.393. The van der Waals surface area contributed by atoms with Crippen LogP contribution in [0.15, 0.2) is 48.5 Å². The number of nitrogens with zero attached hydrogens (tertiary/aromatic N) is 3. The Morgan fingerprint density at radius 2 is 1.59 bits per heavy atom. The summed E-state index contributed by atoms with van der Waals surface area (Å²) in [5.41, 5.74) is 2.96. The van der Waals surface area contributed by atoms with Crippen LogP contribution >= 0.6 is 11.6 Å². The number of ether oxygens (including phenoxy) is 2. The summed E-state index contributed by atoms with van der Waals surface area (Å²) in [5, 5.41) is 0.610. The van der Waals surface area contributed by atoms with Gasteiger partial charge in [-0.25, -0.2) is 9.78 Å². The lowest BCUT2D eigenvalue weighted by atomic mass is 10.1. The number of halogens is 1. The normalized spacial score (nSPS) is 14.5. The summed E-state index contributed by atoms with van der Waals surface area (Å²) in [6.07, 6.45) is 0. The molecule has 8 nitrogen and oxygen atoms in total. The van der Waals surface area contributed by atoms with Gasteiger partial charge in [0.05, 0.1) is 0 Å². The number of aromatic nitrogens is 2. The van der Waals surface area contributed by atoms with Gasteiger partial charge in [-0.3, -0.25) is 9.69 Å². The molecular formula is C28H33ClN4O4. The average Bonchev–Trinajstić information content (AvgIpc) is 3.30. The molecule has 0 saturated carbocycles. The van der Waals surface area contributed by atoms with E-state index < -0.39 is 11.6 Å². The first-order valence-corrected chi connectivity index (χ1v) is 12.8. The molecule has 4 rings (SSSR count). The number of piperazine rings is 1. The van der Waals surface area contributed by atoms with Crippen molar-refractivity contribution in [2.24, 2.45) is 0 Å². The standard InChI is InChI=1S/C28H33ClN4O4/c1-19(34)36-18-17-32-13-15-33(16-14-32)23-11-7-21(8-12-23)26-30-24(20-5-9-22(29)10-6-20)25(31-26)27(35)37-28(2,3)4/h5-12H,13-18H2,1-4H3,(H,30,31). The number of carbonyl (C=O) groups is 2. The van der Waals surface area contributed by atoms with Gasteiger partial charge in [0.15, 0.2) is 5.69 Å². The van der Waals surface area contributed by atoms with E-state index in [1.54, 1.807) is 12.1 Å². The zero-order valence-corrected chi connectivity index (χ0v) is 22.5.